The molecule has 2 aromatic heterocycles. The summed E-state index contributed by atoms with van der Waals surface area (Å²) >= 11 is 0. The van der Waals surface area contributed by atoms with Gasteiger partial charge < -0.3 is 19.9 Å². The van der Waals surface area contributed by atoms with Crippen molar-refractivity contribution in [2.45, 2.75) is 25.2 Å². The van der Waals surface area contributed by atoms with Crippen molar-refractivity contribution in [1.82, 2.24) is 25.1 Å². The second kappa shape index (κ2) is 10.2. The highest BCUT2D eigenvalue weighted by Crippen LogP contribution is 2.31. The van der Waals surface area contributed by atoms with Crippen molar-refractivity contribution in [3.63, 3.8) is 0 Å². The first-order valence-corrected chi connectivity index (χ1v) is 10.0. The number of H-pyrrole nitrogens is 1. The Hall–Kier alpha value is -4.15. The Labute approximate surface area is 191 Å². The van der Waals surface area contributed by atoms with Crippen LogP contribution in [0.1, 0.15) is 18.1 Å². The van der Waals surface area contributed by atoms with Gasteiger partial charge in [-0.25, -0.2) is 19.9 Å². The second-order valence-electron chi connectivity index (χ2n) is 7.48. The van der Waals surface area contributed by atoms with Crippen LogP contribution < -0.4 is 15.8 Å². The number of likely N-dealkylation sites (N-methyl/N-ethyl adjacent to an activating group) is 1. The Morgan fingerprint density at radius 3 is 2.71 bits per heavy atom. The minimum atomic E-state index is -4.84. The van der Waals surface area contributed by atoms with E-state index in [0.717, 1.165) is 6.20 Å². The topological polar surface area (TPSA) is 140 Å². The predicted octanol–water partition coefficient (Wildman–Crippen LogP) is 1.76. The van der Waals surface area contributed by atoms with E-state index in [4.69, 9.17) is 10.00 Å². The van der Waals surface area contributed by atoms with E-state index in [1.807, 2.05) is 11.0 Å². The summed E-state index contributed by atoms with van der Waals surface area (Å²) in [5, 5.41) is 16.5. The van der Waals surface area contributed by atoms with Crippen molar-refractivity contribution >= 4 is 17.7 Å². The number of ether oxygens (including phenoxy) is 1. The molecule has 0 bridgehead atoms. The van der Waals surface area contributed by atoms with Crippen LogP contribution in [0.15, 0.2) is 35.5 Å². The van der Waals surface area contributed by atoms with Gasteiger partial charge in [0.05, 0.1) is 35.9 Å². The molecule has 1 aliphatic heterocycles. The lowest BCUT2D eigenvalue weighted by Crippen LogP contribution is -2.60. The first-order chi connectivity index (χ1) is 16.1. The third kappa shape index (κ3) is 5.80. The van der Waals surface area contributed by atoms with Crippen molar-refractivity contribution < 1.29 is 22.7 Å². The lowest BCUT2D eigenvalue weighted by molar-refractivity contribution is -0.138. The summed E-state index contributed by atoms with van der Waals surface area (Å²) in [6.07, 6.45) is 1.31. The Morgan fingerprint density at radius 2 is 2.09 bits per heavy atom. The molecule has 34 heavy (non-hydrogen) atoms. The van der Waals surface area contributed by atoms with Gasteiger partial charge in [0.1, 0.15) is 18.2 Å². The summed E-state index contributed by atoms with van der Waals surface area (Å²) in [5.74, 6) is 0.464. The number of anilines is 2. The fourth-order valence-corrected chi connectivity index (χ4v) is 3.12. The summed E-state index contributed by atoms with van der Waals surface area (Å²) in [5.41, 5.74) is -2.80. The number of rotatable bonds is 7. The van der Waals surface area contributed by atoms with Gasteiger partial charge in [-0.2, -0.15) is 23.5 Å². The predicted molar refractivity (Wildman–Crippen MR) is 114 cm³/mol. The standard InChI is InChI=1S/C20H21F3N8O3/c1-12(28-15-9-27-29-17(32)16(15)20(21,22)23)4-3-5-34-19(33)30(2)14-10-31(11-14)18-25-7-13(6-24)8-26-18/h3-4,7-9,12,14H,5,10-11H2,1-2H3,(H2,28,29,32)/b4-3+/t12-/m0/s1. The lowest BCUT2D eigenvalue weighted by atomic mass is 10.1. The normalized spacial score (nSPS) is 14.9. The van der Waals surface area contributed by atoms with Gasteiger partial charge in [-0.15, -0.1) is 0 Å². The number of nitrogens with zero attached hydrogens (tertiary/aromatic N) is 6. The highest BCUT2D eigenvalue weighted by Gasteiger charge is 2.37. The Balaban J connectivity index is 1.44. The van der Waals surface area contributed by atoms with Gasteiger partial charge in [-0.1, -0.05) is 6.08 Å². The SMILES string of the molecule is C[C@@H](/C=C/COC(=O)N(C)C1CN(c2ncc(C#N)cn2)C1)Nc1cn[nH]c(=O)c1C(F)(F)F. The highest BCUT2D eigenvalue weighted by atomic mass is 19.4. The minimum absolute atomic E-state index is 0.0931. The average Bonchev–Trinajstić information content (AvgIpc) is 2.75. The van der Waals surface area contributed by atoms with Crippen LogP contribution >= 0.6 is 0 Å². The molecule has 0 aromatic carbocycles. The van der Waals surface area contributed by atoms with E-state index in [1.54, 1.807) is 19.1 Å². The number of nitrogens with one attached hydrogen (secondary N) is 2. The number of aromatic nitrogens is 4. The smallest absolute Gasteiger partial charge is 0.423 e. The van der Waals surface area contributed by atoms with Gasteiger partial charge in [0, 0.05) is 26.2 Å². The van der Waals surface area contributed by atoms with Crippen molar-refractivity contribution in [1.29, 1.82) is 5.26 Å². The second-order valence-corrected chi connectivity index (χ2v) is 7.48. The molecule has 1 fully saturated rings. The maximum atomic E-state index is 13.1. The zero-order valence-corrected chi connectivity index (χ0v) is 18.2. The first kappa shape index (κ1) is 24.5. The Bertz CT molecular complexity index is 1140. The maximum Gasteiger partial charge on any atom is 0.423 e. The van der Waals surface area contributed by atoms with Gasteiger partial charge in [0.2, 0.25) is 5.95 Å². The van der Waals surface area contributed by atoms with E-state index in [0.29, 0.717) is 24.6 Å². The summed E-state index contributed by atoms with van der Waals surface area (Å²) in [6.45, 7) is 2.48. The number of carbonyl (C=O) groups is 1. The van der Waals surface area contributed by atoms with Crippen LogP contribution in [-0.2, 0) is 10.9 Å². The molecule has 0 aliphatic carbocycles. The number of hydrogen-bond donors (Lipinski definition) is 2. The minimum Gasteiger partial charge on any atom is -0.445 e. The van der Waals surface area contributed by atoms with Gasteiger partial charge in [-0.3, -0.25) is 4.79 Å². The molecule has 180 valence electrons. The molecule has 0 unspecified atom stereocenters. The Morgan fingerprint density at radius 1 is 1.41 bits per heavy atom. The zero-order valence-electron chi connectivity index (χ0n) is 18.2. The van der Waals surface area contributed by atoms with Gasteiger partial charge in [0.25, 0.3) is 5.56 Å². The van der Waals surface area contributed by atoms with Gasteiger partial charge >= 0.3 is 12.3 Å². The third-order valence-electron chi connectivity index (χ3n) is 5.00. The maximum absolute atomic E-state index is 13.1. The average molecular weight is 478 g/mol. The molecule has 1 amide bonds. The fraction of sp³-hybridized carbons (Fsp3) is 0.400. The molecular weight excluding hydrogens is 457 g/mol. The molecule has 0 spiro atoms. The highest BCUT2D eigenvalue weighted by molar-refractivity contribution is 5.68. The summed E-state index contributed by atoms with van der Waals surface area (Å²) in [7, 11) is 1.59. The number of halogens is 3. The van der Waals surface area contributed by atoms with Crippen LogP contribution in [-0.4, -0.2) is 70.0 Å². The number of hydrogen-bond acceptors (Lipinski definition) is 9. The molecule has 0 saturated carbocycles. The van der Waals surface area contributed by atoms with Gasteiger partial charge in [0.15, 0.2) is 0 Å². The number of aromatic amines is 1. The largest absolute Gasteiger partial charge is 0.445 e. The van der Waals surface area contributed by atoms with Crippen molar-refractivity contribution in [3.05, 3.63) is 52.2 Å². The number of nitriles is 1. The van der Waals surface area contributed by atoms with Crippen LogP contribution in [0, 0.1) is 11.3 Å². The fourth-order valence-electron chi connectivity index (χ4n) is 3.12. The van der Waals surface area contributed by atoms with E-state index in [-0.39, 0.29) is 12.6 Å². The van der Waals surface area contributed by atoms with E-state index in [1.165, 1.54) is 29.4 Å². The molecule has 14 heteroatoms. The molecule has 2 aromatic rings. The van der Waals surface area contributed by atoms with Crippen LogP contribution in [0.2, 0.25) is 0 Å². The molecular formula is C20H21F3N8O3. The quantitative estimate of drug-likeness (QED) is 0.570. The van der Waals surface area contributed by atoms with Crippen LogP contribution in [0.25, 0.3) is 0 Å². The molecule has 11 nitrogen and oxygen atoms in total. The molecule has 3 rings (SSSR count). The summed E-state index contributed by atoms with van der Waals surface area (Å²) < 4.78 is 44.4. The molecule has 0 radical (unpaired) electrons. The number of alkyl halides is 3. The number of carbonyl (C=O) groups excluding carboxylic acids is 1. The first-order valence-electron chi connectivity index (χ1n) is 10.0. The Kier molecular flexibility index (Phi) is 7.34. The third-order valence-corrected chi connectivity index (χ3v) is 5.00. The number of amides is 1. The molecule has 2 N–H and O–H groups in total. The molecule has 1 saturated heterocycles. The van der Waals surface area contributed by atoms with Crippen molar-refractivity contribution in [3.8, 4) is 6.07 Å². The van der Waals surface area contributed by atoms with Crippen molar-refractivity contribution in [2.75, 3.05) is 37.0 Å². The van der Waals surface area contributed by atoms with Crippen LogP contribution in [0.4, 0.5) is 29.6 Å². The van der Waals surface area contributed by atoms with E-state index >= 15 is 0 Å². The summed E-state index contributed by atoms with van der Waals surface area (Å²) in [4.78, 5) is 35.2. The van der Waals surface area contributed by atoms with Crippen molar-refractivity contribution in [2.24, 2.45) is 0 Å². The van der Waals surface area contributed by atoms with E-state index in [2.05, 4.69) is 20.4 Å². The lowest BCUT2D eigenvalue weighted by Gasteiger charge is -2.43. The van der Waals surface area contributed by atoms with E-state index in [9.17, 15) is 22.8 Å². The van der Waals surface area contributed by atoms with Crippen LogP contribution in [0.3, 0.4) is 0 Å². The zero-order chi connectivity index (χ0) is 24.9. The molecule has 1 atom stereocenters. The van der Waals surface area contributed by atoms with E-state index < -0.39 is 35.1 Å². The van der Waals surface area contributed by atoms with Crippen LogP contribution in [0.5, 0.6) is 0 Å². The monoisotopic (exact) mass is 478 g/mol. The molecule has 1 aliphatic rings. The molecule has 3 heterocycles. The summed E-state index contributed by atoms with van der Waals surface area (Å²) in [6, 6.07) is 1.23. The van der Waals surface area contributed by atoms with Gasteiger partial charge in [-0.05, 0) is 13.0 Å².